The lowest BCUT2D eigenvalue weighted by Gasteiger charge is -2.14. The molecule has 0 unspecified atom stereocenters. The third-order valence-corrected chi connectivity index (χ3v) is 4.93. The zero-order chi connectivity index (χ0) is 24.3. The molecule has 3 heterocycles. The van der Waals surface area contributed by atoms with Crippen LogP contribution < -0.4 is 10.6 Å². The maximum Gasteiger partial charge on any atom is 0.433 e. The van der Waals surface area contributed by atoms with Crippen LogP contribution in [0.2, 0.25) is 5.15 Å². The van der Waals surface area contributed by atoms with Gasteiger partial charge in [-0.25, -0.2) is 15.0 Å². The Bertz CT molecular complexity index is 1330. The first-order valence-corrected chi connectivity index (χ1v) is 10.2. The summed E-state index contributed by atoms with van der Waals surface area (Å²) >= 11 is 5.75. The Kier molecular flexibility index (Phi) is 6.42. The molecule has 0 atom stereocenters. The van der Waals surface area contributed by atoms with Gasteiger partial charge >= 0.3 is 6.18 Å². The van der Waals surface area contributed by atoms with Gasteiger partial charge in [0.05, 0.1) is 5.56 Å². The highest BCUT2D eigenvalue weighted by Crippen LogP contribution is 2.32. The van der Waals surface area contributed by atoms with Crippen LogP contribution in [-0.2, 0) is 6.18 Å². The van der Waals surface area contributed by atoms with E-state index < -0.39 is 17.8 Å². The van der Waals surface area contributed by atoms with E-state index in [1.807, 2.05) is 0 Å². The van der Waals surface area contributed by atoms with Crippen molar-refractivity contribution < 1.29 is 18.0 Å². The second kappa shape index (κ2) is 9.44. The van der Waals surface area contributed by atoms with Gasteiger partial charge in [0, 0.05) is 41.6 Å². The van der Waals surface area contributed by atoms with Gasteiger partial charge in [0.1, 0.15) is 11.0 Å². The van der Waals surface area contributed by atoms with Gasteiger partial charge in [-0.05, 0) is 48.9 Å². The number of nitrogens with zero attached hydrogens (tertiary/aromatic N) is 4. The molecular weight excluding hydrogens is 469 g/mol. The van der Waals surface area contributed by atoms with Crippen LogP contribution in [0, 0.1) is 6.92 Å². The molecule has 0 fully saturated rings. The van der Waals surface area contributed by atoms with E-state index in [-0.39, 0.29) is 16.8 Å². The second-order valence-electron chi connectivity index (χ2n) is 7.17. The fourth-order valence-electron chi connectivity index (χ4n) is 2.97. The molecule has 4 rings (SSSR count). The maximum atomic E-state index is 13.5. The van der Waals surface area contributed by atoms with Crippen LogP contribution in [0.1, 0.15) is 21.6 Å². The Morgan fingerprint density at radius 2 is 1.76 bits per heavy atom. The number of alkyl halides is 3. The molecular formula is C23H16ClF3N6O. The highest BCUT2D eigenvalue weighted by molar-refractivity contribution is 6.29. The number of hydrogen-bond donors (Lipinski definition) is 2. The summed E-state index contributed by atoms with van der Waals surface area (Å²) in [6.07, 6.45) is -0.443. The molecule has 1 aromatic carbocycles. The van der Waals surface area contributed by atoms with Crippen molar-refractivity contribution in [1.82, 2.24) is 19.9 Å². The predicted molar refractivity (Wildman–Crippen MR) is 122 cm³/mol. The van der Waals surface area contributed by atoms with Crippen molar-refractivity contribution in [3.63, 3.8) is 0 Å². The van der Waals surface area contributed by atoms with Crippen LogP contribution in [0.5, 0.6) is 0 Å². The van der Waals surface area contributed by atoms with Crippen LogP contribution in [0.15, 0.2) is 67.1 Å². The Morgan fingerprint density at radius 1 is 1.00 bits per heavy atom. The molecule has 3 aromatic heterocycles. The zero-order valence-electron chi connectivity index (χ0n) is 17.6. The first kappa shape index (κ1) is 23.1. The molecule has 0 spiro atoms. The number of halogens is 4. The summed E-state index contributed by atoms with van der Waals surface area (Å²) < 4.78 is 40.5. The number of pyridine rings is 2. The van der Waals surface area contributed by atoms with E-state index in [4.69, 9.17) is 11.6 Å². The van der Waals surface area contributed by atoms with Crippen LogP contribution in [0.3, 0.4) is 0 Å². The average Bonchev–Trinajstić information content (AvgIpc) is 2.81. The van der Waals surface area contributed by atoms with Crippen LogP contribution in [-0.4, -0.2) is 25.8 Å². The van der Waals surface area contributed by atoms with Gasteiger partial charge in [0.25, 0.3) is 5.91 Å². The fourth-order valence-corrected chi connectivity index (χ4v) is 3.08. The molecule has 172 valence electrons. The Labute approximate surface area is 197 Å². The molecule has 0 aliphatic rings. The number of nitrogens with one attached hydrogen (secondary N) is 2. The van der Waals surface area contributed by atoms with Crippen LogP contribution >= 0.6 is 11.6 Å². The summed E-state index contributed by atoms with van der Waals surface area (Å²) in [5, 5.41) is 5.89. The number of carbonyl (C=O) groups is 1. The van der Waals surface area contributed by atoms with E-state index in [1.165, 1.54) is 42.9 Å². The van der Waals surface area contributed by atoms with Gasteiger partial charge in [-0.1, -0.05) is 17.7 Å². The molecule has 0 aliphatic heterocycles. The lowest BCUT2D eigenvalue weighted by Crippen LogP contribution is -2.13. The summed E-state index contributed by atoms with van der Waals surface area (Å²) in [6.45, 7) is 1.77. The first-order chi connectivity index (χ1) is 16.2. The number of rotatable bonds is 5. The fraction of sp³-hybridized carbons (Fsp3) is 0.0870. The quantitative estimate of drug-likeness (QED) is 0.342. The van der Waals surface area contributed by atoms with Crippen molar-refractivity contribution in [2.75, 3.05) is 10.6 Å². The van der Waals surface area contributed by atoms with Gasteiger partial charge in [-0.3, -0.25) is 9.78 Å². The number of aromatic nitrogens is 4. The monoisotopic (exact) mass is 484 g/mol. The third kappa shape index (κ3) is 5.46. The molecule has 0 saturated heterocycles. The molecule has 11 heteroatoms. The van der Waals surface area contributed by atoms with Crippen molar-refractivity contribution in [2.45, 2.75) is 13.1 Å². The Hall–Kier alpha value is -4.05. The molecule has 1 amide bonds. The van der Waals surface area contributed by atoms with E-state index in [0.717, 1.165) is 11.6 Å². The molecule has 4 aromatic rings. The average molecular weight is 485 g/mol. The minimum Gasteiger partial charge on any atom is -0.340 e. The van der Waals surface area contributed by atoms with E-state index in [9.17, 15) is 18.0 Å². The van der Waals surface area contributed by atoms with Gasteiger partial charge < -0.3 is 10.6 Å². The minimum atomic E-state index is -4.67. The van der Waals surface area contributed by atoms with Gasteiger partial charge in [-0.15, -0.1) is 0 Å². The molecule has 34 heavy (non-hydrogen) atoms. The largest absolute Gasteiger partial charge is 0.433 e. The lowest BCUT2D eigenvalue weighted by atomic mass is 10.1. The van der Waals surface area contributed by atoms with Gasteiger partial charge in [0.15, 0.2) is 11.5 Å². The Morgan fingerprint density at radius 3 is 2.44 bits per heavy atom. The standard InChI is InChI=1S/C23H16ClF3N6O/c1-13-2-4-16(30-22(34)15-3-5-19(24)29-12-15)10-17(13)31-20-11-18(23(25,26)27)32-21(33-20)14-6-8-28-9-7-14/h2-12H,1H3,(H,30,34)(H,31,32,33). The summed E-state index contributed by atoms with van der Waals surface area (Å²) in [5.74, 6) is -0.569. The Balaban J connectivity index is 1.64. The molecule has 0 saturated carbocycles. The number of hydrogen-bond acceptors (Lipinski definition) is 6. The minimum absolute atomic E-state index is 0.0531. The molecule has 2 N–H and O–H groups in total. The molecule has 0 aliphatic carbocycles. The van der Waals surface area contributed by atoms with Gasteiger partial charge in [0.2, 0.25) is 0 Å². The summed E-state index contributed by atoms with van der Waals surface area (Å²) in [6, 6.07) is 11.9. The topological polar surface area (TPSA) is 92.7 Å². The molecule has 0 radical (unpaired) electrons. The number of aryl methyl sites for hydroxylation is 1. The van der Waals surface area contributed by atoms with E-state index >= 15 is 0 Å². The SMILES string of the molecule is Cc1ccc(NC(=O)c2ccc(Cl)nc2)cc1Nc1cc(C(F)(F)F)nc(-c2ccncc2)n1. The van der Waals surface area contributed by atoms with E-state index in [2.05, 4.69) is 30.6 Å². The summed E-state index contributed by atoms with van der Waals surface area (Å²) in [5.41, 5.74) is 1.20. The van der Waals surface area contributed by atoms with Crippen molar-refractivity contribution in [2.24, 2.45) is 0 Å². The normalized spacial score (nSPS) is 11.2. The molecule has 7 nitrogen and oxygen atoms in total. The van der Waals surface area contributed by atoms with Crippen LogP contribution in [0.25, 0.3) is 11.4 Å². The predicted octanol–water partition coefficient (Wildman–Crippen LogP) is 5.91. The smallest absolute Gasteiger partial charge is 0.340 e. The third-order valence-electron chi connectivity index (χ3n) is 4.70. The van der Waals surface area contributed by atoms with Crippen molar-refractivity contribution in [3.8, 4) is 11.4 Å². The maximum absolute atomic E-state index is 13.5. The van der Waals surface area contributed by atoms with E-state index in [0.29, 0.717) is 22.5 Å². The number of benzene rings is 1. The molecule has 0 bridgehead atoms. The van der Waals surface area contributed by atoms with Crippen molar-refractivity contribution >= 4 is 34.7 Å². The highest BCUT2D eigenvalue weighted by atomic mass is 35.5. The zero-order valence-corrected chi connectivity index (χ0v) is 18.3. The lowest BCUT2D eigenvalue weighted by molar-refractivity contribution is -0.141. The number of anilines is 3. The number of carbonyl (C=O) groups excluding carboxylic acids is 1. The first-order valence-electron chi connectivity index (χ1n) is 9.86. The highest BCUT2D eigenvalue weighted by Gasteiger charge is 2.34. The van der Waals surface area contributed by atoms with Crippen LogP contribution in [0.4, 0.5) is 30.4 Å². The summed E-state index contributed by atoms with van der Waals surface area (Å²) in [4.78, 5) is 28.1. The summed E-state index contributed by atoms with van der Waals surface area (Å²) in [7, 11) is 0. The van der Waals surface area contributed by atoms with Crippen molar-refractivity contribution in [1.29, 1.82) is 0 Å². The van der Waals surface area contributed by atoms with Crippen molar-refractivity contribution in [3.05, 3.63) is 89.1 Å². The number of amides is 1. The van der Waals surface area contributed by atoms with E-state index in [1.54, 1.807) is 25.1 Å². The second-order valence-corrected chi connectivity index (χ2v) is 7.56. The van der Waals surface area contributed by atoms with Gasteiger partial charge in [-0.2, -0.15) is 13.2 Å².